The van der Waals surface area contributed by atoms with Crippen molar-refractivity contribution in [1.82, 2.24) is 0 Å². The maximum atomic E-state index is 13.4. The van der Waals surface area contributed by atoms with E-state index in [1.54, 1.807) is 0 Å². The van der Waals surface area contributed by atoms with Gasteiger partial charge in [0.2, 0.25) is 5.79 Å². The molecule has 11 heteroatoms. The lowest BCUT2D eigenvalue weighted by atomic mass is 9.99. The largest absolute Gasteiger partial charge is 0.394 e. The highest BCUT2D eigenvalue weighted by molar-refractivity contribution is 4.98. The molecule has 2 saturated heterocycles. The first-order valence-corrected chi connectivity index (χ1v) is 7.00. The highest BCUT2D eigenvalue weighted by atomic mass is 18.2. The predicted octanol–water partition coefficient (Wildman–Crippen LogP) is -4.42. The van der Waals surface area contributed by atoms with Gasteiger partial charge < -0.3 is 50.0 Å². The van der Waals surface area contributed by atoms with E-state index in [-0.39, 0.29) is 0 Å². The van der Waals surface area contributed by atoms with Crippen LogP contribution < -0.4 is 0 Å². The fourth-order valence-corrected chi connectivity index (χ4v) is 2.61. The summed E-state index contributed by atoms with van der Waals surface area (Å²) >= 11 is 0. The third-order valence-electron chi connectivity index (χ3n) is 4.04. The summed E-state index contributed by atoms with van der Waals surface area (Å²) in [5.41, 5.74) is 0. The van der Waals surface area contributed by atoms with Gasteiger partial charge in [-0.3, -0.25) is 0 Å². The highest BCUT2D eigenvalue weighted by Crippen LogP contribution is 2.36. The summed E-state index contributed by atoms with van der Waals surface area (Å²) in [7, 11) is 0. The first-order valence-electron chi connectivity index (χ1n) is 7.00. The van der Waals surface area contributed by atoms with Crippen molar-refractivity contribution in [2.24, 2.45) is 0 Å². The van der Waals surface area contributed by atoms with Crippen molar-refractivity contribution < 1.29 is 54.3 Å². The number of alkyl halides is 1. The zero-order valence-electron chi connectivity index (χ0n) is 12.0. The minimum Gasteiger partial charge on any atom is -0.394 e. The predicted molar refractivity (Wildman–Crippen MR) is 67.5 cm³/mol. The normalized spacial score (nSPS) is 51.1. The fraction of sp³-hybridized carbons (Fsp3) is 1.00. The van der Waals surface area contributed by atoms with Crippen LogP contribution in [-0.2, 0) is 14.2 Å². The molecule has 0 unspecified atom stereocenters. The van der Waals surface area contributed by atoms with E-state index in [1.807, 2.05) is 0 Å². The molecule has 136 valence electrons. The van der Waals surface area contributed by atoms with Crippen molar-refractivity contribution in [2.45, 2.75) is 54.8 Å². The number of ether oxygens (including phenoxy) is 3. The Labute approximate surface area is 130 Å². The Morgan fingerprint density at radius 1 is 0.870 bits per heavy atom. The summed E-state index contributed by atoms with van der Waals surface area (Å²) in [5, 5.41) is 66.9. The Balaban J connectivity index is 2.18. The smallest absolute Gasteiger partial charge is 0.229 e. The van der Waals surface area contributed by atoms with Crippen LogP contribution in [0.15, 0.2) is 0 Å². The Morgan fingerprint density at radius 3 is 1.96 bits per heavy atom. The number of halogens is 1. The Kier molecular flexibility index (Phi) is 5.90. The lowest BCUT2D eigenvalue weighted by molar-refractivity contribution is -0.380. The molecule has 7 N–H and O–H groups in total. The van der Waals surface area contributed by atoms with Crippen LogP contribution in [0.25, 0.3) is 0 Å². The van der Waals surface area contributed by atoms with Gasteiger partial charge in [0.1, 0.15) is 49.4 Å². The molecule has 9 atom stereocenters. The molecule has 2 fully saturated rings. The number of hydrogen-bond acceptors (Lipinski definition) is 10. The molecule has 0 radical (unpaired) electrons. The van der Waals surface area contributed by atoms with E-state index in [4.69, 9.17) is 24.4 Å². The molecular formula is C12H21FO10. The van der Waals surface area contributed by atoms with E-state index in [9.17, 15) is 29.9 Å². The highest BCUT2D eigenvalue weighted by Gasteiger charge is 2.58. The van der Waals surface area contributed by atoms with Gasteiger partial charge in [0, 0.05) is 0 Å². The van der Waals surface area contributed by atoms with Gasteiger partial charge in [-0.2, -0.15) is 0 Å². The van der Waals surface area contributed by atoms with Gasteiger partial charge in [-0.15, -0.1) is 0 Å². The van der Waals surface area contributed by atoms with Crippen LogP contribution in [0, 0.1) is 0 Å². The molecule has 0 aromatic heterocycles. The van der Waals surface area contributed by atoms with E-state index in [2.05, 4.69) is 0 Å². The lowest BCUT2D eigenvalue weighted by Gasteiger charge is -2.43. The number of aliphatic hydroxyl groups is 7. The summed E-state index contributed by atoms with van der Waals surface area (Å²) in [6.07, 6.45) is -13.2. The van der Waals surface area contributed by atoms with Crippen LogP contribution in [0.3, 0.4) is 0 Å². The topological polar surface area (TPSA) is 169 Å². The summed E-state index contributed by atoms with van der Waals surface area (Å²) < 4.78 is 28.6. The Bertz CT molecular complexity index is 398. The SMILES string of the molecule is OC[C@H]1O[C@@](C[18F])(O[C@H]2O[C@H](CO)[C@@H](O)[C@H](O)[C@H]2O)[C@@H](O)[C@@H]1O. The second-order valence-corrected chi connectivity index (χ2v) is 5.53. The first kappa shape index (κ1) is 18.9. The lowest BCUT2D eigenvalue weighted by Crippen LogP contribution is -2.62. The second kappa shape index (κ2) is 7.19. The number of rotatable bonds is 5. The number of hydrogen-bond donors (Lipinski definition) is 7. The van der Waals surface area contributed by atoms with Crippen molar-refractivity contribution >= 4 is 0 Å². The molecule has 0 aliphatic carbocycles. The maximum absolute atomic E-state index is 13.4. The quantitative estimate of drug-likeness (QED) is 0.259. The second-order valence-electron chi connectivity index (χ2n) is 5.53. The van der Waals surface area contributed by atoms with Gasteiger partial charge in [-0.25, -0.2) is 4.39 Å². The van der Waals surface area contributed by atoms with Crippen molar-refractivity contribution in [1.29, 1.82) is 0 Å². The van der Waals surface area contributed by atoms with Crippen LogP contribution in [-0.4, -0.2) is 110 Å². The zero-order chi connectivity index (χ0) is 17.4. The molecule has 2 aliphatic heterocycles. The summed E-state index contributed by atoms with van der Waals surface area (Å²) in [4.78, 5) is 0. The van der Waals surface area contributed by atoms with Crippen LogP contribution in [0.4, 0.5) is 4.39 Å². The van der Waals surface area contributed by atoms with Crippen LogP contribution >= 0.6 is 0 Å². The van der Waals surface area contributed by atoms with E-state index in [1.165, 1.54) is 0 Å². The van der Waals surface area contributed by atoms with E-state index < -0.39 is 74.7 Å². The standard InChI is InChI=1S/C12H21FO10/c13-3-12(10(20)7(17)5(2-15)22-12)23-11-9(19)8(18)6(16)4(1-14)21-11/h4-11,14-20H,1-3H2/t4-,5-,6-,7-,8+,9-,10+,11-,12+/m1/s1/i13-1. The van der Waals surface area contributed by atoms with E-state index in [0.29, 0.717) is 0 Å². The Morgan fingerprint density at radius 2 is 1.48 bits per heavy atom. The van der Waals surface area contributed by atoms with Crippen molar-refractivity contribution in [2.75, 3.05) is 19.9 Å². The van der Waals surface area contributed by atoms with Crippen LogP contribution in [0.1, 0.15) is 0 Å². The average Bonchev–Trinajstić information content (AvgIpc) is 2.80. The molecule has 23 heavy (non-hydrogen) atoms. The monoisotopic (exact) mass is 343 g/mol. The number of aliphatic hydroxyl groups excluding tert-OH is 7. The third kappa shape index (κ3) is 3.22. The molecule has 0 spiro atoms. The minimum atomic E-state index is -2.44. The molecule has 0 aromatic rings. The van der Waals surface area contributed by atoms with Crippen LogP contribution in [0.2, 0.25) is 0 Å². The average molecular weight is 343 g/mol. The molecule has 10 nitrogen and oxygen atoms in total. The zero-order valence-corrected chi connectivity index (χ0v) is 12.0. The molecule has 0 bridgehead atoms. The van der Waals surface area contributed by atoms with Crippen molar-refractivity contribution in [3.05, 3.63) is 0 Å². The van der Waals surface area contributed by atoms with Crippen molar-refractivity contribution in [3.8, 4) is 0 Å². The summed E-state index contributed by atoms with van der Waals surface area (Å²) in [5.74, 6) is -2.44. The molecule has 0 aromatic carbocycles. The Hall–Kier alpha value is -0.470. The summed E-state index contributed by atoms with van der Waals surface area (Å²) in [6, 6.07) is 0. The maximum Gasteiger partial charge on any atom is 0.229 e. The van der Waals surface area contributed by atoms with E-state index in [0.717, 1.165) is 0 Å². The van der Waals surface area contributed by atoms with Crippen molar-refractivity contribution in [3.63, 3.8) is 0 Å². The molecular weight excluding hydrogens is 322 g/mol. The van der Waals surface area contributed by atoms with Crippen LogP contribution in [0.5, 0.6) is 0 Å². The van der Waals surface area contributed by atoms with Gasteiger partial charge in [0.15, 0.2) is 6.29 Å². The third-order valence-corrected chi connectivity index (χ3v) is 4.04. The fourth-order valence-electron chi connectivity index (χ4n) is 2.61. The molecule has 0 saturated carbocycles. The van der Waals surface area contributed by atoms with Gasteiger partial charge >= 0.3 is 0 Å². The molecule has 0 amide bonds. The minimum absolute atomic E-state index is 0.723. The molecule has 2 rings (SSSR count). The van der Waals surface area contributed by atoms with Gasteiger partial charge in [-0.1, -0.05) is 0 Å². The molecule has 2 heterocycles. The summed E-state index contributed by atoms with van der Waals surface area (Å²) in [6.45, 7) is -2.91. The van der Waals surface area contributed by atoms with Gasteiger partial charge in [-0.05, 0) is 0 Å². The molecule has 2 aliphatic rings. The van der Waals surface area contributed by atoms with E-state index >= 15 is 0 Å². The van der Waals surface area contributed by atoms with Gasteiger partial charge in [0.05, 0.1) is 13.2 Å². The van der Waals surface area contributed by atoms with Gasteiger partial charge in [0.25, 0.3) is 0 Å². The first-order chi connectivity index (χ1) is 10.8.